The number of halogens is 1. The molecule has 2 aromatic rings. The van der Waals surface area contributed by atoms with Gasteiger partial charge in [0.1, 0.15) is 11.1 Å². The van der Waals surface area contributed by atoms with Gasteiger partial charge in [-0.3, -0.25) is 0 Å². The van der Waals surface area contributed by atoms with Crippen molar-refractivity contribution < 1.29 is 17.9 Å². The summed E-state index contributed by atoms with van der Waals surface area (Å²) in [5.41, 5.74) is 1.37. The Morgan fingerprint density at radius 1 is 1.12 bits per heavy atom. The predicted octanol–water partition coefficient (Wildman–Crippen LogP) is 4.72. The van der Waals surface area contributed by atoms with Gasteiger partial charge in [0, 0.05) is 30.2 Å². The lowest BCUT2D eigenvalue weighted by Gasteiger charge is -2.32. The average molecular weight is 465 g/mol. The number of rotatable bonds is 12. The maximum absolute atomic E-state index is 15.2. The van der Waals surface area contributed by atoms with Gasteiger partial charge < -0.3 is 10.4 Å². The molecule has 0 radical (unpaired) electrons. The second-order valence-corrected chi connectivity index (χ2v) is 10.7. The van der Waals surface area contributed by atoms with E-state index >= 15 is 4.39 Å². The molecule has 5 nitrogen and oxygen atoms in total. The Morgan fingerprint density at radius 2 is 1.78 bits per heavy atom. The summed E-state index contributed by atoms with van der Waals surface area (Å²) in [6, 6.07) is 13.9. The van der Waals surface area contributed by atoms with Crippen LogP contribution in [0.3, 0.4) is 0 Å². The first kappa shape index (κ1) is 26.5. The third-order valence-electron chi connectivity index (χ3n) is 6.15. The fourth-order valence-electron chi connectivity index (χ4n) is 3.97. The largest absolute Gasteiger partial charge is 0.395 e. The smallest absolute Gasteiger partial charge is 0.221 e. The number of nitrogens with one attached hydrogen (secondary N) is 1. The first-order valence-electron chi connectivity index (χ1n) is 11.3. The van der Waals surface area contributed by atoms with Gasteiger partial charge in [-0.15, -0.1) is 0 Å². The van der Waals surface area contributed by atoms with Gasteiger partial charge in [-0.25, -0.2) is 12.8 Å². The van der Waals surface area contributed by atoms with E-state index in [-0.39, 0.29) is 19.2 Å². The number of benzene rings is 2. The minimum atomic E-state index is -3.71. The molecular formula is C25H37FN2O3S. The maximum atomic E-state index is 15.2. The van der Waals surface area contributed by atoms with Crippen LogP contribution in [0.15, 0.2) is 48.5 Å². The fraction of sp³-hybridized carbons (Fsp3) is 0.520. The highest BCUT2D eigenvalue weighted by atomic mass is 32.2. The molecule has 32 heavy (non-hydrogen) atoms. The lowest BCUT2D eigenvalue weighted by atomic mass is 9.88. The first-order valence-corrected chi connectivity index (χ1v) is 12.8. The third-order valence-corrected chi connectivity index (χ3v) is 8.68. The standard InChI is InChI=1S/C25H37FN2O3S/c1-6-24(20-11-9-8-10-12-20)32(30,31)28(19(3)4)18-21-13-14-22(17-23(21)26)25(5,7-2)27-15-16-29/h8-14,17,19,24,27,29H,6-7,15-16,18H2,1-5H3. The zero-order valence-electron chi connectivity index (χ0n) is 19.8. The summed E-state index contributed by atoms with van der Waals surface area (Å²) in [6.07, 6.45) is 1.15. The Hall–Kier alpha value is -1.80. The SMILES string of the molecule is CCC(c1ccccc1)S(=O)(=O)N(Cc1ccc(C(C)(CC)NCCO)cc1F)C(C)C. The topological polar surface area (TPSA) is 69.6 Å². The molecule has 0 fully saturated rings. The molecule has 0 aliphatic rings. The van der Waals surface area contributed by atoms with E-state index in [1.54, 1.807) is 6.07 Å². The summed E-state index contributed by atoms with van der Waals surface area (Å²) in [5, 5.41) is 11.7. The van der Waals surface area contributed by atoms with E-state index in [1.165, 1.54) is 10.4 Å². The quantitative estimate of drug-likeness (QED) is 0.477. The van der Waals surface area contributed by atoms with Crippen LogP contribution in [-0.2, 0) is 22.1 Å². The summed E-state index contributed by atoms with van der Waals surface area (Å²) >= 11 is 0. The van der Waals surface area contributed by atoms with E-state index < -0.39 is 26.6 Å². The normalized spacial score (nSPS) is 15.2. The van der Waals surface area contributed by atoms with Crippen LogP contribution in [0.5, 0.6) is 0 Å². The van der Waals surface area contributed by atoms with Crippen molar-refractivity contribution in [3.63, 3.8) is 0 Å². The van der Waals surface area contributed by atoms with Crippen molar-refractivity contribution >= 4 is 10.0 Å². The van der Waals surface area contributed by atoms with Gasteiger partial charge in [0.05, 0.1) is 6.61 Å². The number of hydrogen-bond acceptors (Lipinski definition) is 4. The molecule has 0 heterocycles. The summed E-state index contributed by atoms with van der Waals surface area (Å²) < 4.78 is 43.7. The lowest BCUT2D eigenvalue weighted by molar-refractivity contribution is 0.256. The summed E-state index contributed by atoms with van der Waals surface area (Å²) in [4.78, 5) is 0. The monoisotopic (exact) mass is 464 g/mol. The van der Waals surface area contributed by atoms with E-state index in [2.05, 4.69) is 5.32 Å². The van der Waals surface area contributed by atoms with Gasteiger partial charge >= 0.3 is 0 Å². The van der Waals surface area contributed by atoms with Crippen LogP contribution < -0.4 is 5.32 Å². The van der Waals surface area contributed by atoms with Crippen LogP contribution in [-0.4, -0.2) is 37.0 Å². The lowest BCUT2D eigenvalue weighted by Crippen LogP contribution is -2.41. The van der Waals surface area contributed by atoms with E-state index in [1.807, 2.05) is 71.0 Å². The van der Waals surface area contributed by atoms with Gasteiger partial charge in [0.25, 0.3) is 0 Å². The molecule has 2 rings (SSSR count). The maximum Gasteiger partial charge on any atom is 0.221 e. The Labute approximate surface area is 192 Å². The van der Waals surface area contributed by atoms with Gasteiger partial charge in [0.2, 0.25) is 10.0 Å². The van der Waals surface area contributed by atoms with E-state index in [4.69, 9.17) is 5.11 Å². The van der Waals surface area contributed by atoms with Gasteiger partial charge in [-0.2, -0.15) is 4.31 Å². The Kier molecular flexibility index (Phi) is 9.40. The molecule has 0 saturated heterocycles. The number of hydrogen-bond donors (Lipinski definition) is 2. The number of aliphatic hydroxyl groups is 1. The number of aliphatic hydroxyl groups excluding tert-OH is 1. The van der Waals surface area contributed by atoms with E-state index in [9.17, 15) is 8.42 Å². The molecule has 0 spiro atoms. The molecule has 2 unspecified atom stereocenters. The summed E-state index contributed by atoms with van der Waals surface area (Å²) in [5.74, 6) is -0.429. The van der Waals surface area contributed by atoms with Crippen molar-refractivity contribution in [1.29, 1.82) is 0 Å². The number of nitrogens with zero attached hydrogens (tertiary/aromatic N) is 1. The molecule has 0 aliphatic carbocycles. The summed E-state index contributed by atoms with van der Waals surface area (Å²) in [7, 11) is -3.71. The van der Waals surface area contributed by atoms with Crippen molar-refractivity contribution in [1.82, 2.24) is 9.62 Å². The minimum absolute atomic E-state index is 0.00261. The fourth-order valence-corrected chi connectivity index (χ4v) is 6.12. The van der Waals surface area contributed by atoms with Crippen molar-refractivity contribution in [2.75, 3.05) is 13.2 Å². The zero-order valence-corrected chi connectivity index (χ0v) is 20.6. The minimum Gasteiger partial charge on any atom is -0.395 e. The predicted molar refractivity (Wildman–Crippen MR) is 128 cm³/mol. The van der Waals surface area contributed by atoms with Crippen LogP contribution in [0, 0.1) is 5.82 Å². The zero-order chi connectivity index (χ0) is 23.9. The second kappa shape index (κ2) is 11.4. The van der Waals surface area contributed by atoms with Gasteiger partial charge in [0.15, 0.2) is 0 Å². The van der Waals surface area contributed by atoms with E-state index in [0.29, 0.717) is 24.9 Å². The first-order chi connectivity index (χ1) is 15.1. The van der Waals surface area contributed by atoms with Crippen molar-refractivity contribution in [3.8, 4) is 0 Å². The Bertz CT molecular complexity index is 966. The molecule has 0 aliphatic heterocycles. The van der Waals surface area contributed by atoms with Crippen molar-refractivity contribution in [2.45, 2.75) is 70.8 Å². The van der Waals surface area contributed by atoms with Crippen LogP contribution in [0.25, 0.3) is 0 Å². The third kappa shape index (κ3) is 5.95. The Morgan fingerprint density at radius 3 is 2.28 bits per heavy atom. The summed E-state index contributed by atoms with van der Waals surface area (Å²) in [6.45, 7) is 9.83. The molecular weight excluding hydrogens is 427 g/mol. The molecule has 2 N–H and O–H groups in total. The van der Waals surface area contributed by atoms with Crippen LogP contribution >= 0.6 is 0 Å². The number of sulfonamides is 1. The van der Waals surface area contributed by atoms with Crippen LogP contribution in [0.4, 0.5) is 4.39 Å². The molecule has 178 valence electrons. The molecule has 7 heteroatoms. The second-order valence-electron chi connectivity index (χ2n) is 8.63. The average Bonchev–Trinajstić information content (AvgIpc) is 2.77. The molecule has 0 saturated carbocycles. The molecule has 0 amide bonds. The molecule has 2 aromatic carbocycles. The molecule has 0 bridgehead atoms. The Balaban J connectivity index is 2.37. The highest BCUT2D eigenvalue weighted by Gasteiger charge is 2.34. The molecule has 2 atom stereocenters. The van der Waals surface area contributed by atoms with Gasteiger partial charge in [-0.1, -0.05) is 56.3 Å². The van der Waals surface area contributed by atoms with E-state index in [0.717, 1.165) is 11.1 Å². The van der Waals surface area contributed by atoms with Gasteiger partial charge in [-0.05, 0) is 50.8 Å². The molecule has 0 aromatic heterocycles. The van der Waals surface area contributed by atoms with Crippen molar-refractivity contribution in [3.05, 3.63) is 71.0 Å². The van der Waals surface area contributed by atoms with Crippen LogP contribution in [0.1, 0.15) is 69.4 Å². The highest BCUT2D eigenvalue weighted by Crippen LogP contribution is 2.32. The van der Waals surface area contributed by atoms with Crippen LogP contribution in [0.2, 0.25) is 0 Å². The highest BCUT2D eigenvalue weighted by molar-refractivity contribution is 7.89. The van der Waals surface area contributed by atoms with Crippen molar-refractivity contribution in [2.24, 2.45) is 0 Å².